The molecule has 31 heavy (non-hydrogen) atoms. The zero-order valence-electron chi connectivity index (χ0n) is 15.6. The maximum atomic E-state index is 14.1. The fraction of sp³-hybridized carbons (Fsp3) is 0.0500. The Bertz CT molecular complexity index is 1410. The molecule has 2 heterocycles. The zero-order chi connectivity index (χ0) is 22.2. The first-order valence-electron chi connectivity index (χ1n) is 8.81. The molecule has 2 aromatic heterocycles. The average Bonchev–Trinajstić information content (AvgIpc) is 3.07. The van der Waals surface area contributed by atoms with Gasteiger partial charge < -0.3 is 10.1 Å². The van der Waals surface area contributed by atoms with Gasteiger partial charge in [-0.25, -0.2) is 17.8 Å². The second-order valence-corrected chi connectivity index (χ2v) is 9.97. The van der Waals surface area contributed by atoms with Gasteiger partial charge in [-0.1, -0.05) is 53.7 Å². The Kier molecular flexibility index (Phi) is 5.69. The number of pyridine rings is 1. The molecule has 0 bridgehead atoms. The molecule has 0 atom stereocenters. The van der Waals surface area contributed by atoms with Crippen LogP contribution in [0, 0.1) is 15.9 Å². The highest BCUT2D eigenvalue weighted by molar-refractivity contribution is 7.99. The molecular weight excluding hydrogens is 465 g/mol. The third-order valence-electron chi connectivity index (χ3n) is 4.36. The van der Waals surface area contributed by atoms with E-state index in [1.54, 1.807) is 36.4 Å². The van der Waals surface area contributed by atoms with Gasteiger partial charge in [-0.05, 0) is 35.3 Å². The van der Waals surface area contributed by atoms with Crippen LogP contribution >= 0.6 is 23.4 Å². The molecule has 0 aliphatic carbocycles. The van der Waals surface area contributed by atoms with Crippen molar-refractivity contribution in [3.63, 3.8) is 0 Å². The van der Waals surface area contributed by atoms with E-state index in [1.807, 2.05) is 0 Å². The van der Waals surface area contributed by atoms with E-state index in [-0.39, 0.29) is 26.2 Å². The number of nitro groups is 1. The topological polar surface area (TPSA) is 94.6 Å². The molecule has 4 aromatic rings. The monoisotopic (exact) mass is 477 g/mol. The molecule has 0 saturated heterocycles. The Labute approximate surface area is 185 Å². The lowest BCUT2D eigenvalue weighted by molar-refractivity contribution is -0.391. The number of hydrogen-bond donors (Lipinski definition) is 0. The number of imidazole rings is 1. The highest BCUT2D eigenvalue weighted by atomic mass is 35.5. The SMILES string of the molecule is O=[N+]([O-])c1c(CS(=O)(=O)c2ccccc2)nc2c(Sc3ccccc3F)cc(Cl)cn12. The summed E-state index contributed by atoms with van der Waals surface area (Å²) in [5, 5.41) is 12.0. The van der Waals surface area contributed by atoms with Crippen LogP contribution in [0.25, 0.3) is 5.65 Å². The van der Waals surface area contributed by atoms with Gasteiger partial charge in [0, 0.05) is 4.90 Å². The van der Waals surface area contributed by atoms with E-state index in [1.165, 1.54) is 30.5 Å². The van der Waals surface area contributed by atoms with E-state index in [2.05, 4.69) is 4.98 Å². The van der Waals surface area contributed by atoms with Gasteiger partial charge in [0.05, 0.1) is 14.8 Å². The summed E-state index contributed by atoms with van der Waals surface area (Å²) in [6.07, 6.45) is 1.28. The summed E-state index contributed by atoms with van der Waals surface area (Å²) in [7, 11) is -3.89. The maximum Gasteiger partial charge on any atom is 0.352 e. The van der Waals surface area contributed by atoms with E-state index in [9.17, 15) is 22.9 Å². The summed E-state index contributed by atoms with van der Waals surface area (Å²) in [5.41, 5.74) is -0.117. The number of benzene rings is 2. The average molecular weight is 478 g/mol. The van der Waals surface area contributed by atoms with Crippen molar-refractivity contribution in [1.29, 1.82) is 0 Å². The first-order chi connectivity index (χ1) is 14.8. The molecule has 0 aliphatic heterocycles. The van der Waals surface area contributed by atoms with Crippen LogP contribution in [0.15, 0.2) is 81.5 Å². The molecular formula is C20H13ClFN3O4S2. The van der Waals surface area contributed by atoms with Gasteiger partial charge in [-0.3, -0.25) is 0 Å². The van der Waals surface area contributed by atoms with Crippen molar-refractivity contribution in [2.24, 2.45) is 0 Å². The van der Waals surface area contributed by atoms with Crippen LogP contribution in [0.5, 0.6) is 0 Å². The minimum absolute atomic E-state index is 0.0281. The summed E-state index contributed by atoms with van der Waals surface area (Å²) in [4.78, 5) is 16.0. The van der Waals surface area contributed by atoms with E-state index in [0.29, 0.717) is 4.90 Å². The molecule has 0 amide bonds. The smallest absolute Gasteiger partial charge is 0.352 e. The van der Waals surface area contributed by atoms with Gasteiger partial charge in [-0.2, -0.15) is 4.40 Å². The predicted octanol–water partition coefficient (Wildman–Crippen LogP) is 5.16. The van der Waals surface area contributed by atoms with Crippen molar-refractivity contribution in [3.05, 3.63) is 93.5 Å². The summed E-state index contributed by atoms with van der Waals surface area (Å²) in [6, 6.07) is 15.1. The molecule has 2 aromatic carbocycles. The first-order valence-corrected chi connectivity index (χ1v) is 11.7. The minimum Gasteiger partial charge on any atom is -0.358 e. The zero-order valence-corrected chi connectivity index (χ0v) is 18.0. The molecule has 158 valence electrons. The standard InChI is InChI=1S/C20H13ClFN3O4S2/c21-13-10-18(30-17-9-5-4-8-15(17)22)19-23-16(20(25(26)27)24(19)11-13)12-31(28,29)14-6-2-1-3-7-14/h1-11H,12H2. The molecule has 11 heteroatoms. The van der Waals surface area contributed by atoms with Crippen LogP contribution in [0.2, 0.25) is 5.02 Å². The van der Waals surface area contributed by atoms with Crippen LogP contribution in [0.4, 0.5) is 10.2 Å². The second-order valence-electron chi connectivity index (χ2n) is 6.46. The third-order valence-corrected chi connectivity index (χ3v) is 7.28. The number of sulfone groups is 1. The van der Waals surface area contributed by atoms with Crippen molar-refractivity contribution < 1.29 is 17.7 Å². The number of nitrogens with zero attached hydrogens (tertiary/aromatic N) is 3. The Balaban J connectivity index is 1.86. The maximum absolute atomic E-state index is 14.1. The van der Waals surface area contributed by atoms with Gasteiger partial charge in [0.2, 0.25) is 5.65 Å². The number of aromatic nitrogens is 2. The third kappa shape index (κ3) is 4.27. The van der Waals surface area contributed by atoms with E-state index >= 15 is 0 Å². The number of halogens is 2. The van der Waals surface area contributed by atoms with Crippen molar-refractivity contribution >= 4 is 44.7 Å². The fourth-order valence-electron chi connectivity index (χ4n) is 3.02. The molecule has 0 spiro atoms. The lowest BCUT2D eigenvalue weighted by Crippen LogP contribution is -2.07. The molecule has 0 aliphatic rings. The molecule has 0 saturated carbocycles. The van der Waals surface area contributed by atoms with Crippen molar-refractivity contribution in [3.8, 4) is 0 Å². The highest BCUT2D eigenvalue weighted by Crippen LogP contribution is 2.37. The summed E-state index contributed by atoms with van der Waals surface area (Å²) in [5.74, 6) is -1.65. The number of hydrogen-bond acceptors (Lipinski definition) is 6. The van der Waals surface area contributed by atoms with Crippen molar-refractivity contribution in [1.82, 2.24) is 9.38 Å². The summed E-state index contributed by atoms with van der Waals surface area (Å²) >= 11 is 7.14. The van der Waals surface area contributed by atoms with E-state index in [0.717, 1.165) is 16.2 Å². The van der Waals surface area contributed by atoms with Crippen LogP contribution in [-0.2, 0) is 15.6 Å². The quantitative estimate of drug-likeness (QED) is 0.281. The van der Waals surface area contributed by atoms with Gasteiger partial charge in [0.25, 0.3) is 0 Å². The molecule has 0 radical (unpaired) electrons. The van der Waals surface area contributed by atoms with Crippen LogP contribution in [0.3, 0.4) is 0 Å². The molecule has 4 rings (SSSR count). The Morgan fingerprint density at radius 2 is 1.77 bits per heavy atom. The Morgan fingerprint density at radius 1 is 1.10 bits per heavy atom. The van der Waals surface area contributed by atoms with Gasteiger partial charge >= 0.3 is 5.82 Å². The molecule has 0 unspecified atom stereocenters. The summed E-state index contributed by atoms with van der Waals surface area (Å²) in [6.45, 7) is 0. The molecule has 0 fully saturated rings. The Hall–Kier alpha value is -2.95. The highest BCUT2D eigenvalue weighted by Gasteiger charge is 2.30. The largest absolute Gasteiger partial charge is 0.358 e. The van der Waals surface area contributed by atoms with Gasteiger partial charge in [-0.15, -0.1) is 0 Å². The van der Waals surface area contributed by atoms with Crippen LogP contribution < -0.4 is 0 Å². The van der Waals surface area contributed by atoms with Crippen molar-refractivity contribution in [2.75, 3.05) is 0 Å². The molecule has 7 nitrogen and oxygen atoms in total. The van der Waals surface area contributed by atoms with Gasteiger partial charge in [0.15, 0.2) is 15.5 Å². The Morgan fingerprint density at radius 3 is 2.45 bits per heavy atom. The lowest BCUT2D eigenvalue weighted by Gasteiger charge is -2.04. The van der Waals surface area contributed by atoms with Crippen LogP contribution in [-0.4, -0.2) is 22.7 Å². The van der Waals surface area contributed by atoms with Crippen LogP contribution in [0.1, 0.15) is 5.69 Å². The first kappa shape index (κ1) is 21.3. The van der Waals surface area contributed by atoms with E-state index in [4.69, 9.17) is 11.6 Å². The number of rotatable bonds is 6. The van der Waals surface area contributed by atoms with E-state index < -0.39 is 32.1 Å². The second kappa shape index (κ2) is 8.29. The predicted molar refractivity (Wildman–Crippen MR) is 115 cm³/mol. The fourth-order valence-corrected chi connectivity index (χ4v) is 5.55. The molecule has 0 N–H and O–H groups in total. The normalized spacial score (nSPS) is 11.7. The summed E-state index contributed by atoms with van der Waals surface area (Å²) < 4.78 is 40.8. The van der Waals surface area contributed by atoms with Crippen molar-refractivity contribution in [2.45, 2.75) is 20.4 Å². The number of fused-ring (bicyclic) bond motifs is 1. The van der Waals surface area contributed by atoms with Gasteiger partial charge in [0.1, 0.15) is 17.8 Å². The lowest BCUT2D eigenvalue weighted by atomic mass is 10.3. The minimum atomic E-state index is -3.89.